The van der Waals surface area contributed by atoms with E-state index in [2.05, 4.69) is 36.2 Å². The molecule has 1 saturated carbocycles. The lowest BCUT2D eigenvalue weighted by molar-refractivity contribution is -0.141. The first-order valence-corrected chi connectivity index (χ1v) is 10.4. The minimum Gasteiger partial charge on any atom is -0.494 e. The molecule has 1 aliphatic carbocycles. The van der Waals surface area contributed by atoms with Crippen LogP contribution in [0.15, 0.2) is 36.7 Å². The van der Waals surface area contributed by atoms with Gasteiger partial charge in [-0.15, -0.1) is 0 Å². The molecule has 1 aromatic carbocycles. The molecule has 6 nitrogen and oxygen atoms in total. The van der Waals surface area contributed by atoms with Crippen LogP contribution in [0.25, 0.3) is 10.9 Å². The zero-order chi connectivity index (χ0) is 23.3. The van der Waals surface area contributed by atoms with Gasteiger partial charge in [-0.05, 0) is 42.4 Å². The Morgan fingerprint density at radius 1 is 1.19 bits per heavy atom. The molecule has 3 aromatic rings. The highest BCUT2D eigenvalue weighted by molar-refractivity contribution is 6.06. The number of carbonyl (C=O) groups is 1. The lowest BCUT2D eigenvalue weighted by atomic mass is 9.66. The highest BCUT2D eigenvalue weighted by Gasteiger charge is 2.38. The Kier molecular flexibility index (Phi) is 5.38. The van der Waals surface area contributed by atoms with Gasteiger partial charge in [0.2, 0.25) is 0 Å². The number of pyridine rings is 1. The molecule has 2 heterocycles. The van der Waals surface area contributed by atoms with Crippen LogP contribution >= 0.6 is 0 Å². The largest absolute Gasteiger partial charge is 0.494 e. The van der Waals surface area contributed by atoms with Crippen LogP contribution in [0.4, 0.5) is 18.9 Å². The molecule has 0 bridgehead atoms. The van der Waals surface area contributed by atoms with Crippen LogP contribution in [0.5, 0.6) is 5.75 Å². The minimum atomic E-state index is -4.63. The molecule has 4 rings (SSSR count). The molecule has 1 N–H and O–H groups in total. The van der Waals surface area contributed by atoms with Crippen molar-refractivity contribution >= 4 is 22.5 Å². The minimum absolute atomic E-state index is 0.145. The maximum absolute atomic E-state index is 12.9. The number of aromatic nitrogens is 3. The van der Waals surface area contributed by atoms with Gasteiger partial charge in [-0.1, -0.05) is 20.8 Å². The van der Waals surface area contributed by atoms with E-state index in [1.54, 1.807) is 12.1 Å². The molecule has 0 atom stereocenters. The third-order valence-electron chi connectivity index (χ3n) is 6.12. The molecule has 0 saturated heterocycles. The number of benzene rings is 1. The van der Waals surface area contributed by atoms with Gasteiger partial charge in [-0.25, -0.2) is 0 Å². The van der Waals surface area contributed by atoms with E-state index in [4.69, 9.17) is 4.74 Å². The molecule has 170 valence electrons. The van der Waals surface area contributed by atoms with E-state index in [1.807, 2.05) is 10.9 Å². The van der Waals surface area contributed by atoms with Crippen LogP contribution in [-0.4, -0.2) is 27.8 Å². The number of rotatable bonds is 4. The van der Waals surface area contributed by atoms with Crippen LogP contribution in [0.2, 0.25) is 0 Å². The first-order chi connectivity index (χ1) is 15.0. The predicted molar refractivity (Wildman–Crippen MR) is 115 cm³/mol. The van der Waals surface area contributed by atoms with Gasteiger partial charge in [-0.2, -0.15) is 18.3 Å². The fourth-order valence-corrected chi connectivity index (χ4v) is 3.96. The third-order valence-corrected chi connectivity index (χ3v) is 6.12. The van der Waals surface area contributed by atoms with Crippen molar-refractivity contribution in [3.05, 3.63) is 47.9 Å². The Morgan fingerprint density at radius 3 is 2.53 bits per heavy atom. The van der Waals surface area contributed by atoms with E-state index in [0.717, 1.165) is 36.0 Å². The molecule has 0 aliphatic heterocycles. The molecule has 0 unspecified atom stereocenters. The van der Waals surface area contributed by atoms with E-state index in [0.29, 0.717) is 23.4 Å². The molecule has 1 aliphatic rings. The Morgan fingerprint density at radius 2 is 1.91 bits per heavy atom. The predicted octanol–water partition coefficient (Wildman–Crippen LogP) is 5.71. The lowest BCUT2D eigenvalue weighted by Crippen LogP contribution is -2.35. The fraction of sp³-hybridized carbons (Fsp3) is 0.435. The number of hydrogen-bond donors (Lipinski definition) is 1. The molecule has 9 heteroatoms. The van der Waals surface area contributed by atoms with Crippen molar-refractivity contribution in [2.75, 3.05) is 12.4 Å². The zero-order valence-corrected chi connectivity index (χ0v) is 18.3. The Labute approximate surface area is 183 Å². The molecular formula is C23H25F3N4O2. The number of nitrogens with one attached hydrogen (secondary N) is 1. The summed E-state index contributed by atoms with van der Waals surface area (Å²) in [5, 5.41) is 8.12. The number of ether oxygens (including phenoxy) is 1. The topological polar surface area (TPSA) is 69.0 Å². The number of methoxy groups -OCH3 is 1. The second kappa shape index (κ2) is 7.79. The lowest BCUT2D eigenvalue weighted by Gasteiger charge is -2.43. The molecule has 1 amide bonds. The smallest absolute Gasteiger partial charge is 0.433 e. The number of fused-ring (bicyclic) bond motifs is 1. The van der Waals surface area contributed by atoms with Crippen LogP contribution < -0.4 is 10.1 Å². The first-order valence-electron chi connectivity index (χ1n) is 10.4. The Hall–Kier alpha value is -3.10. The van der Waals surface area contributed by atoms with Gasteiger partial charge >= 0.3 is 6.18 Å². The zero-order valence-electron chi connectivity index (χ0n) is 18.3. The summed E-state index contributed by atoms with van der Waals surface area (Å²) in [6.45, 7) is 6.73. The van der Waals surface area contributed by atoms with E-state index < -0.39 is 17.8 Å². The highest BCUT2D eigenvalue weighted by atomic mass is 19.4. The summed E-state index contributed by atoms with van der Waals surface area (Å²) < 4.78 is 46.1. The van der Waals surface area contributed by atoms with E-state index in [1.165, 1.54) is 13.2 Å². The standard InChI is InChI=1S/C23H25F3N4O2/c1-22(2,3)15-9-16(10-15)30-12-14-7-18(19(32-4)11-17(14)29-30)28-21(31)13-5-6-27-20(8-13)23(24,25)26/h5-8,11-12,15-16H,9-10H2,1-4H3,(H,28,31). The number of hydrogen-bond acceptors (Lipinski definition) is 4. The highest BCUT2D eigenvalue weighted by Crippen LogP contribution is 2.47. The van der Waals surface area contributed by atoms with Crippen molar-refractivity contribution in [1.82, 2.24) is 14.8 Å². The third kappa shape index (κ3) is 4.28. The molecule has 2 aromatic heterocycles. The molecule has 1 fully saturated rings. The van der Waals surface area contributed by atoms with E-state index in [9.17, 15) is 18.0 Å². The van der Waals surface area contributed by atoms with Crippen molar-refractivity contribution in [3.63, 3.8) is 0 Å². The van der Waals surface area contributed by atoms with Crippen LogP contribution in [0, 0.1) is 11.3 Å². The monoisotopic (exact) mass is 446 g/mol. The Bertz CT molecular complexity index is 1160. The van der Waals surface area contributed by atoms with Gasteiger partial charge in [0.15, 0.2) is 0 Å². The van der Waals surface area contributed by atoms with Gasteiger partial charge in [0.25, 0.3) is 5.91 Å². The summed E-state index contributed by atoms with van der Waals surface area (Å²) in [6, 6.07) is 5.72. The van der Waals surface area contributed by atoms with Crippen LogP contribution in [-0.2, 0) is 6.18 Å². The first kappa shape index (κ1) is 22.1. The molecular weight excluding hydrogens is 421 g/mol. The maximum atomic E-state index is 12.9. The molecule has 32 heavy (non-hydrogen) atoms. The average Bonchev–Trinajstić information content (AvgIpc) is 3.06. The van der Waals surface area contributed by atoms with Gasteiger partial charge in [0.05, 0.1) is 24.4 Å². The summed E-state index contributed by atoms with van der Waals surface area (Å²) in [6.07, 6.45) is 0.381. The SMILES string of the molecule is COc1cc2nn(C3CC(C(C)(C)C)C3)cc2cc1NC(=O)c1ccnc(C(F)(F)F)c1. The van der Waals surface area contributed by atoms with E-state index >= 15 is 0 Å². The molecule has 0 radical (unpaired) electrons. The van der Waals surface area contributed by atoms with Gasteiger partial charge in [-0.3, -0.25) is 14.5 Å². The number of carbonyl (C=O) groups excluding carboxylic acids is 1. The number of halogens is 3. The fourth-order valence-electron chi connectivity index (χ4n) is 3.96. The summed E-state index contributed by atoms with van der Waals surface area (Å²) in [7, 11) is 1.46. The van der Waals surface area contributed by atoms with E-state index in [-0.39, 0.29) is 11.0 Å². The summed E-state index contributed by atoms with van der Waals surface area (Å²) >= 11 is 0. The van der Waals surface area contributed by atoms with Crippen molar-refractivity contribution in [2.24, 2.45) is 11.3 Å². The van der Waals surface area contributed by atoms with Crippen molar-refractivity contribution in [1.29, 1.82) is 0 Å². The summed E-state index contributed by atoms with van der Waals surface area (Å²) in [4.78, 5) is 15.9. The van der Waals surface area contributed by atoms with Crippen LogP contribution in [0.1, 0.15) is 55.7 Å². The Balaban J connectivity index is 1.57. The molecule has 0 spiro atoms. The van der Waals surface area contributed by atoms with Crippen molar-refractivity contribution in [3.8, 4) is 5.75 Å². The second-order valence-electron chi connectivity index (χ2n) is 9.29. The summed E-state index contributed by atoms with van der Waals surface area (Å²) in [5.41, 5.74) is 0.0806. The number of alkyl halides is 3. The van der Waals surface area contributed by atoms with Gasteiger partial charge in [0.1, 0.15) is 11.4 Å². The second-order valence-corrected chi connectivity index (χ2v) is 9.29. The van der Waals surface area contributed by atoms with Crippen molar-refractivity contribution < 1.29 is 22.7 Å². The number of anilines is 1. The normalized spacial score (nSPS) is 19.0. The maximum Gasteiger partial charge on any atom is 0.433 e. The van der Waals surface area contributed by atoms with Gasteiger partial charge in [0, 0.05) is 29.4 Å². The number of nitrogens with zero attached hydrogens (tertiary/aromatic N) is 3. The summed E-state index contributed by atoms with van der Waals surface area (Å²) in [5.74, 6) is 0.337. The number of amides is 1. The van der Waals surface area contributed by atoms with Crippen molar-refractivity contribution in [2.45, 2.75) is 45.8 Å². The average molecular weight is 446 g/mol. The quantitative estimate of drug-likeness (QED) is 0.558. The van der Waals surface area contributed by atoms with Gasteiger partial charge < -0.3 is 10.1 Å². The van der Waals surface area contributed by atoms with Crippen LogP contribution in [0.3, 0.4) is 0 Å².